The molecule has 1 unspecified atom stereocenters. The van der Waals surface area contributed by atoms with Crippen LogP contribution in [-0.2, 0) is 0 Å². The number of fused-ring (bicyclic) bond motifs is 1. The third-order valence-corrected chi connectivity index (χ3v) is 4.82. The molecule has 3 heteroatoms. The van der Waals surface area contributed by atoms with Crippen LogP contribution in [0.1, 0.15) is 27.4 Å². The molecule has 0 N–H and O–H groups in total. The van der Waals surface area contributed by atoms with Gasteiger partial charge in [0.25, 0.3) is 0 Å². The lowest BCUT2D eigenvalue weighted by atomic mass is 9.91. The maximum absolute atomic E-state index is 12.8. The number of ether oxygens (including phenoxy) is 1. The minimum Gasteiger partial charge on any atom is -0.496 e. The minimum absolute atomic E-state index is 0.0631. The first-order valence-electron chi connectivity index (χ1n) is 6.61. The van der Waals surface area contributed by atoms with E-state index < -0.39 is 0 Å². The molecule has 0 radical (unpaired) electrons. The van der Waals surface area contributed by atoms with Crippen molar-refractivity contribution in [2.75, 3.05) is 12.9 Å². The lowest BCUT2D eigenvalue weighted by molar-refractivity contribution is 0.0965. The number of ketones is 1. The number of rotatable bonds is 3. The van der Waals surface area contributed by atoms with Gasteiger partial charge in [0, 0.05) is 10.6 Å². The molecular formula is C17H16O2S. The zero-order valence-corrected chi connectivity index (χ0v) is 12.4. The summed E-state index contributed by atoms with van der Waals surface area (Å²) in [5, 5.41) is 0. The van der Waals surface area contributed by atoms with Crippen LogP contribution in [0.2, 0.25) is 0 Å². The van der Waals surface area contributed by atoms with Crippen LogP contribution in [0.15, 0.2) is 47.4 Å². The van der Waals surface area contributed by atoms with Gasteiger partial charge < -0.3 is 4.74 Å². The van der Waals surface area contributed by atoms with Crippen molar-refractivity contribution in [3.05, 3.63) is 59.2 Å². The van der Waals surface area contributed by atoms with Crippen LogP contribution in [0.4, 0.5) is 0 Å². The van der Waals surface area contributed by atoms with Crippen LogP contribution in [0.5, 0.6) is 5.75 Å². The summed E-state index contributed by atoms with van der Waals surface area (Å²) < 4.78 is 5.34. The molecule has 0 amide bonds. The Kier molecular flexibility index (Phi) is 3.53. The Morgan fingerprint density at radius 1 is 1.25 bits per heavy atom. The van der Waals surface area contributed by atoms with Crippen LogP contribution in [-0.4, -0.2) is 18.6 Å². The van der Waals surface area contributed by atoms with Crippen LogP contribution in [0, 0.1) is 6.92 Å². The molecule has 102 valence electrons. The quantitative estimate of drug-likeness (QED) is 0.795. The number of methoxy groups -OCH3 is 1. The first-order valence-corrected chi connectivity index (χ1v) is 7.60. The van der Waals surface area contributed by atoms with Crippen molar-refractivity contribution in [2.24, 2.45) is 0 Å². The lowest BCUT2D eigenvalue weighted by Gasteiger charge is -2.13. The second-order valence-corrected chi connectivity index (χ2v) is 6.03. The van der Waals surface area contributed by atoms with E-state index in [1.807, 2.05) is 37.3 Å². The van der Waals surface area contributed by atoms with Crippen molar-refractivity contribution >= 4 is 17.5 Å². The van der Waals surface area contributed by atoms with E-state index in [1.54, 1.807) is 18.9 Å². The zero-order chi connectivity index (χ0) is 14.1. The highest BCUT2D eigenvalue weighted by Gasteiger charge is 2.31. The van der Waals surface area contributed by atoms with Crippen LogP contribution in [0.25, 0.3) is 0 Å². The van der Waals surface area contributed by atoms with Gasteiger partial charge in [-0.1, -0.05) is 29.8 Å². The summed E-state index contributed by atoms with van der Waals surface area (Å²) in [5.41, 5.74) is 2.91. The van der Waals surface area contributed by atoms with Crippen LogP contribution >= 0.6 is 11.8 Å². The summed E-state index contributed by atoms with van der Waals surface area (Å²) in [6, 6.07) is 13.9. The van der Waals surface area contributed by atoms with E-state index in [0.717, 1.165) is 16.9 Å². The van der Waals surface area contributed by atoms with E-state index in [4.69, 9.17) is 4.74 Å². The van der Waals surface area contributed by atoms with Gasteiger partial charge in [-0.05, 0) is 30.7 Å². The molecule has 0 fully saturated rings. The number of aryl methyl sites for hydroxylation is 1. The van der Waals surface area contributed by atoms with E-state index in [2.05, 4.69) is 12.1 Å². The average molecular weight is 284 g/mol. The van der Waals surface area contributed by atoms with E-state index in [-0.39, 0.29) is 11.7 Å². The van der Waals surface area contributed by atoms with E-state index >= 15 is 0 Å². The molecule has 1 aliphatic rings. The molecule has 20 heavy (non-hydrogen) atoms. The summed E-state index contributed by atoms with van der Waals surface area (Å²) in [6.07, 6.45) is 0. The van der Waals surface area contributed by atoms with Gasteiger partial charge in [-0.3, -0.25) is 4.79 Å². The molecule has 2 aromatic rings. The van der Waals surface area contributed by atoms with Crippen molar-refractivity contribution in [1.82, 2.24) is 0 Å². The number of hydrogen-bond acceptors (Lipinski definition) is 3. The maximum Gasteiger partial charge on any atom is 0.174 e. The van der Waals surface area contributed by atoms with Crippen molar-refractivity contribution < 1.29 is 9.53 Å². The largest absolute Gasteiger partial charge is 0.496 e. The van der Waals surface area contributed by atoms with Crippen molar-refractivity contribution in [3.63, 3.8) is 0 Å². The molecule has 0 aliphatic carbocycles. The summed E-state index contributed by atoms with van der Waals surface area (Å²) in [5.74, 6) is 1.57. The number of carbonyl (C=O) groups is 1. The van der Waals surface area contributed by atoms with E-state index in [0.29, 0.717) is 11.3 Å². The fourth-order valence-corrected chi connectivity index (χ4v) is 3.81. The number of hydrogen-bond donors (Lipinski definition) is 0. The molecule has 3 rings (SSSR count). The standard InChI is InChI=1S/C17H16O2S/c1-11-7-8-15(19-2)13(9-11)17(18)14-10-20-16-6-4-3-5-12(14)16/h3-9,14H,10H2,1-2H3. The summed E-state index contributed by atoms with van der Waals surface area (Å²) >= 11 is 1.75. The highest BCUT2D eigenvalue weighted by Crippen LogP contribution is 2.41. The molecule has 0 bridgehead atoms. The van der Waals surface area contributed by atoms with Gasteiger partial charge in [0.15, 0.2) is 5.78 Å². The molecule has 0 saturated heterocycles. The maximum atomic E-state index is 12.8. The fraction of sp³-hybridized carbons (Fsp3) is 0.235. The molecule has 0 aromatic heterocycles. The zero-order valence-electron chi connectivity index (χ0n) is 11.6. The molecule has 0 spiro atoms. The molecule has 1 aliphatic heterocycles. The first-order chi connectivity index (χ1) is 9.70. The normalized spacial score (nSPS) is 16.8. The van der Waals surface area contributed by atoms with Crippen LogP contribution < -0.4 is 4.74 Å². The van der Waals surface area contributed by atoms with Gasteiger partial charge in [-0.2, -0.15) is 0 Å². The molecule has 1 atom stereocenters. The molecular weight excluding hydrogens is 268 g/mol. The Morgan fingerprint density at radius 3 is 2.85 bits per heavy atom. The van der Waals surface area contributed by atoms with Gasteiger partial charge in [-0.15, -0.1) is 11.8 Å². The predicted octanol–water partition coefficient (Wildman–Crippen LogP) is 4.08. The number of benzene rings is 2. The van der Waals surface area contributed by atoms with Crippen molar-refractivity contribution in [3.8, 4) is 5.75 Å². The Balaban J connectivity index is 2.00. The van der Waals surface area contributed by atoms with Gasteiger partial charge in [0.1, 0.15) is 5.75 Å². The van der Waals surface area contributed by atoms with Gasteiger partial charge in [-0.25, -0.2) is 0 Å². The third kappa shape index (κ3) is 2.22. The van der Waals surface area contributed by atoms with Crippen molar-refractivity contribution in [1.29, 1.82) is 0 Å². The van der Waals surface area contributed by atoms with Crippen LogP contribution in [0.3, 0.4) is 0 Å². The number of carbonyl (C=O) groups excluding carboxylic acids is 1. The molecule has 2 aromatic carbocycles. The Morgan fingerprint density at radius 2 is 2.05 bits per heavy atom. The molecule has 1 heterocycles. The predicted molar refractivity (Wildman–Crippen MR) is 82.0 cm³/mol. The van der Waals surface area contributed by atoms with Gasteiger partial charge in [0.05, 0.1) is 18.6 Å². The van der Waals surface area contributed by atoms with E-state index in [9.17, 15) is 4.79 Å². The average Bonchev–Trinajstić information content (AvgIpc) is 2.90. The Labute approximate surface area is 123 Å². The second-order valence-electron chi connectivity index (χ2n) is 4.97. The Hall–Kier alpha value is -1.74. The topological polar surface area (TPSA) is 26.3 Å². The smallest absolute Gasteiger partial charge is 0.174 e. The third-order valence-electron chi connectivity index (χ3n) is 3.64. The highest BCUT2D eigenvalue weighted by molar-refractivity contribution is 7.99. The molecule has 0 saturated carbocycles. The van der Waals surface area contributed by atoms with E-state index in [1.165, 1.54) is 4.90 Å². The monoisotopic (exact) mass is 284 g/mol. The van der Waals surface area contributed by atoms with Gasteiger partial charge in [0.2, 0.25) is 0 Å². The molecule has 2 nitrogen and oxygen atoms in total. The summed E-state index contributed by atoms with van der Waals surface area (Å²) in [6.45, 7) is 1.99. The second kappa shape index (κ2) is 5.33. The highest BCUT2D eigenvalue weighted by atomic mass is 32.2. The van der Waals surface area contributed by atoms with Gasteiger partial charge >= 0.3 is 0 Å². The van der Waals surface area contributed by atoms with Crippen molar-refractivity contribution in [2.45, 2.75) is 17.7 Å². The Bertz CT molecular complexity index is 664. The lowest BCUT2D eigenvalue weighted by Crippen LogP contribution is -2.13. The summed E-state index contributed by atoms with van der Waals surface area (Å²) in [7, 11) is 1.61. The number of Topliss-reactive ketones (excluding diaryl/α,β-unsaturated/α-hetero) is 1. The minimum atomic E-state index is -0.0631. The SMILES string of the molecule is COc1ccc(C)cc1C(=O)C1CSc2ccccc21. The number of thioether (sulfide) groups is 1. The summed E-state index contributed by atoms with van der Waals surface area (Å²) in [4.78, 5) is 14.1. The first kappa shape index (κ1) is 13.3. The fourth-order valence-electron chi connectivity index (χ4n) is 2.58.